The number of hydrogen-bond donors (Lipinski definition) is 1. The third kappa shape index (κ3) is 2.99. The van der Waals surface area contributed by atoms with Crippen LogP contribution >= 0.6 is 11.6 Å². The standard InChI is InChI=1S/C13H14ClF2NO/c14-10-6-9(11(15)7-12(10)16)13(18)17-8-4-2-1-3-5-8/h6-8H,1-5H2,(H,17,18). The van der Waals surface area contributed by atoms with Crippen molar-refractivity contribution in [1.29, 1.82) is 0 Å². The number of halogens is 3. The first kappa shape index (κ1) is 13.3. The molecule has 0 bridgehead atoms. The molecule has 2 nitrogen and oxygen atoms in total. The van der Waals surface area contributed by atoms with Crippen molar-refractivity contribution in [1.82, 2.24) is 5.32 Å². The van der Waals surface area contributed by atoms with Gasteiger partial charge in [-0.05, 0) is 18.9 Å². The fourth-order valence-corrected chi connectivity index (χ4v) is 2.37. The molecular formula is C13H14ClF2NO. The lowest BCUT2D eigenvalue weighted by Crippen LogP contribution is -2.36. The second-order valence-electron chi connectivity index (χ2n) is 4.55. The second kappa shape index (κ2) is 5.65. The molecule has 1 aliphatic rings. The van der Waals surface area contributed by atoms with E-state index in [0.29, 0.717) is 6.07 Å². The van der Waals surface area contributed by atoms with Gasteiger partial charge in [0.15, 0.2) is 0 Å². The van der Waals surface area contributed by atoms with E-state index >= 15 is 0 Å². The molecular weight excluding hydrogens is 260 g/mol. The van der Waals surface area contributed by atoms with Gasteiger partial charge in [0.05, 0.1) is 10.6 Å². The maximum atomic E-state index is 13.5. The van der Waals surface area contributed by atoms with Crippen LogP contribution in [0.2, 0.25) is 5.02 Å². The van der Waals surface area contributed by atoms with E-state index in [1.54, 1.807) is 0 Å². The van der Waals surface area contributed by atoms with Crippen LogP contribution in [0.25, 0.3) is 0 Å². The van der Waals surface area contributed by atoms with Crippen LogP contribution in [0.4, 0.5) is 8.78 Å². The Morgan fingerprint density at radius 2 is 1.83 bits per heavy atom. The highest BCUT2D eigenvalue weighted by atomic mass is 35.5. The van der Waals surface area contributed by atoms with Crippen LogP contribution in [-0.4, -0.2) is 11.9 Å². The van der Waals surface area contributed by atoms with Crippen molar-refractivity contribution >= 4 is 17.5 Å². The van der Waals surface area contributed by atoms with E-state index in [1.807, 2.05) is 0 Å². The summed E-state index contributed by atoms with van der Waals surface area (Å²) in [5.74, 6) is -2.27. The van der Waals surface area contributed by atoms with E-state index in [1.165, 1.54) is 6.42 Å². The van der Waals surface area contributed by atoms with Gasteiger partial charge in [-0.2, -0.15) is 0 Å². The number of carbonyl (C=O) groups excluding carboxylic acids is 1. The molecule has 1 aromatic rings. The maximum Gasteiger partial charge on any atom is 0.254 e. The van der Waals surface area contributed by atoms with Crippen LogP contribution in [0.5, 0.6) is 0 Å². The Morgan fingerprint density at radius 1 is 1.17 bits per heavy atom. The van der Waals surface area contributed by atoms with Gasteiger partial charge in [0.2, 0.25) is 0 Å². The van der Waals surface area contributed by atoms with Crippen molar-refractivity contribution in [3.8, 4) is 0 Å². The zero-order valence-corrected chi connectivity index (χ0v) is 10.6. The lowest BCUT2D eigenvalue weighted by molar-refractivity contribution is 0.0923. The second-order valence-corrected chi connectivity index (χ2v) is 4.96. The molecule has 98 valence electrons. The lowest BCUT2D eigenvalue weighted by Gasteiger charge is -2.22. The molecule has 18 heavy (non-hydrogen) atoms. The highest BCUT2D eigenvalue weighted by molar-refractivity contribution is 6.31. The third-order valence-electron chi connectivity index (χ3n) is 3.19. The van der Waals surface area contributed by atoms with Gasteiger partial charge in [0.25, 0.3) is 5.91 Å². The Hall–Kier alpha value is -1.16. The van der Waals surface area contributed by atoms with E-state index in [-0.39, 0.29) is 16.6 Å². The van der Waals surface area contributed by atoms with E-state index in [9.17, 15) is 13.6 Å². The molecule has 0 atom stereocenters. The highest BCUT2D eigenvalue weighted by Gasteiger charge is 2.20. The Labute approximate surface area is 109 Å². The average molecular weight is 274 g/mol. The molecule has 0 saturated heterocycles. The van der Waals surface area contributed by atoms with Crippen LogP contribution in [-0.2, 0) is 0 Å². The summed E-state index contributed by atoms with van der Waals surface area (Å²) in [7, 11) is 0. The smallest absolute Gasteiger partial charge is 0.254 e. The van der Waals surface area contributed by atoms with Crippen LogP contribution in [0, 0.1) is 11.6 Å². The average Bonchev–Trinajstić information content (AvgIpc) is 2.35. The number of benzene rings is 1. The minimum atomic E-state index is -0.884. The molecule has 1 aliphatic carbocycles. The molecule has 0 radical (unpaired) electrons. The predicted molar refractivity (Wildman–Crippen MR) is 65.7 cm³/mol. The fourth-order valence-electron chi connectivity index (χ4n) is 2.21. The third-order valence-corrected chi connectivity index (χ3v) is 3.48. The van der Waals surface area contributed by atoms with Gasteiger partial charge in [-0.15, -0.1) is 0 Å². The normalized spacial score (nSPS) is 16.6. The van der Waals surface area contributed by atoms with Crippen molar-refractivity contribution < 1.29 is 13.6 Å². The first-order chi connectivity index (χ1) is 8.58. The highest BCUT2D eigenvalue weighted by Crippen LogP contribution is 2.21. The molecule has 1 fully saturated rings. The summed E-state index contributed by atoms with van der Waals surface area (Å²) < 4.78 is 26.5. The number of rotatable bonds is 2. The Bertz CT molecular complexity index is 459. The van der Waals surface area contributed by atoms with E-state index < -0.39 is 17.5 Å². The monoisotopic (exact) mass is 273 g/mol. The first-order valence-electron chi connectivity index (χ1n) is 6.03. The van der Waals surface area contributed by atoms with Crippen molar-refractivity contribution in [2.75, 3.05) is 0 Å². The number of amides is 1. The van der Waals surface area contributed by atoms with Crippen molar-refractivity contribution in [2.24, 2.45) is 0 Å². The molecule has 0 unspecified atom stereocenters. The summed E-state index contributed by atoms with van der Waals surface area (Å²) in [6.07, 6.45) is 5.11. The summed E-state index contributed by atoms with van der Waals surface area (Å²) in [6.45, 7) is 0. The molecule has 1 aromatic carbocycles. The molecule has 0 heterocycles. The van der Waals surface area contributed by atoms with Gasteiger partial charge in [0.1, 0.15) is 11.6 Å². The molecule has 1 N–H and O–H groups in total. The van der Waals surface area contributed by atoms with Crippen molar-refractivity contribution in [3.63, 3.8) is 0 Å². The summed E-state index contributed by atoms with van der Waals surface area (Å²) in [6, 6.07) is 1.75. The van der Waals surface area contributed by atoms with Gasteiger partial charge in [-0.3, -0.25) is 4.79 Å². The molecule has 5 heteroatoms. The topological polar surface area (TPSA) is 29.1 Å². The minimum absolute atomic E-state index is 0.0782. The first-order valence-corrected chi connectivity index (χ1v) is 6.41. The van der Waals surface area contributed by atoms with Crippen molar-refractivity contribution in [3.05, 3.63) is 34.4 Å². The number of nitrogens with one attached hydrogen (secondary N) is 1. The summed E-state index contributed by atoms with van der Waals surface area (Å²) in [4.78, 5) is 11.9. The largest absolute Gasteiger partial charge is 0.349 e. The molecule has 2 rings (SSSR count). The van der Waals surface area contributed by atoms with Gasteiger partial charge in [-0.1, -0.05) is 30.9 Å². The maximum absolute atomic E-state index is 13.5. The Morgan fingerprint density at radius 3 is 2.50 bits per heavy atom. The van der Waals surface area contributed by atoms with Crippen LogP contribution in [0.1, 0.15) is 42.5 Å². The van der Waals surface area contributed by atoms with Gasteiger partial charge in [-0.25, -0.2) is 8.78 Å². The molecule has 0 aliphatic heterocycles. The number of hydrogen-bond acceptors (Lipinski definition) is 1. The number of carbonyl (C=O) groups is 1. The van der Waals surface area contributed by atoms with Crippen LogP contribution < -0.4 is 5.32 Å². The predicted octanol–water partition coefficient (Wildman–Crippen LogP) is 3.68. The molecule has 1 saturated carbocycles. The molecule has 0 aromatic heterocycles. The lowest BCUT2D eigenvalue weighted by atomic mass is 9.95. The quantitative estimate of drug-likeness (QED) is 0.818. The van der Waals surface area contributed by atoms with Gasteiger partial charge >= 0.3 is 0 Å². The fraction of sp³-hybridized carbons (Fsp3) is 0.462. The molecule has 1 amide bonds. The summed E-state index contributed by atoms with van der Waals surface area (Å²) in [5.41, 5.74) is -0.202. The van der Waals surface area contributed by atoms with Gasteiger partial charge < -0.3 is 5.32 Å². The zero-order chi connectivity index (χ0) is 13.1. The van der Waals surface area contributed by atoms with Crippen molar-refractivity contribution in [2.45, 2.75) is 38.1 Å². The summed E-state index contributed by atoms with van der Waals surface area (Å²) >= 11 is 5.55. The SMILES string of the molecule is O=C(NC1CCCCC1)c1cc(Cl)c(F)cc1F. The van der Waals surface area contributed by atoms with Gasteiger partial charge in [0, 0.05) is 12.1 Å². The Kier molecular flexibility index (Phi) is 4.17. The minimum Gasteiger partial charge on any atom is -0.349 e. The van der Waals surface area contributed by atoms with E-state index in [0.717, 1.165) is 31.7 Å². The van der Waals surface area contributed by atoms with E-state index in [2.05, 4.69) is 5.32 Å². The van der Waals surface area contributed by atoms with E-state index in [4.69, 9.17) is 11.6 Å². The van der Waals surface area contributed by atoms with Crippen LogP contribution in [0.3, 0.4) is 0 Å². The Balaban J connectivity index is 2.10. The van der Waals surface area contributed by atoms with Crippen LogP contribution in [0.15, 0.2) is 12.1 Å². The summed E-state index contributed by atoms with van der Waals surface area (Å²) in [5, 5.41) is 2.52. The zero-order valence-electron chi connectivity index (χ0n) is 9.81. The molecule has 0 spiro atoms.